The Kier molecular flexibility index (Phi) is 6.19. The summed E-state index contributed by atoms with van der Waals surface area (Å²) in [6.07, 6.45) is 2.09. The number of hydrogen-bond donors (Lipinski definition) is 6. The van der Waals surface area contributed by atoms with Crippen LogP contribution in [0.3, 0.4) is 0 Å². The van der Waals surface area contributed by atoms with E-state index >= 15 is 0 Å². The molecule has 8 nitrogen and oxygen atoms in total. The van der Waals surface area contributed by atoms with E-state index < -0.39 is 11.9 Å². The summed E-state index contributed by atoms with van der Waals surface area (Å²) in [5.41, 5.74) is -0.0348. The van der Waals surface area contributed by atoms with Gasteiger partial charge in [-0.2, -0.15) is 0 Å². The van der Waals surface area contributed by atoms with E-state index in [0.29, 0.717) is 0 Å². The smallest absolute Gasteiger partial charge is 0.339 e. The molecular formula is C16H14O8. The Hall–Kier alpha value is -3.68. The van der Waals surface area contributed by atoms with Gasteiger partial charge >= 0.3 is 11.9 Å². The lowest BCUT2D eigenvalue weighted by Crippen LogP contribution is -1.95. The molecule has 0 saturated heterocycles. The maximum atomic E-state index is 10.3. The van der Waals surface area contributed by atoms with Crippen LogP contribution in [0.25, 0.3) is 6.08 Å². The van der Waals surface area contributed by atoms with Crippen molar-refractivity contribution in [3.8, 4) is 23.0 Å². The van der Waals surface area contributed by atoms with Gasteiger partial charge in [0.2, 0.25) is 0 Å². The van der Waals surface area contributed by atoms with Gasteiger partial charge in [-0.1, -0.05) is 0 Å². The van der Waals surface area contributed by atoms with Crippen molar-refractivity contribution in [2.24, 2.45) is 0 Å². The van der Waals surface area contributed by atoms with Crippen molar-refractivity contribution >= 4 is 18.0 Å². The Balaban J connectivity index is 0.000000243. The Bertz CT molecular complexity index is 780. The Morgan fingerprint density at radius 2 is 1.33 bits per heavy atom. The second-order valence-corrected chi connectivity index (χ2v) is 4.42. The van der Waals surface area contributed by atoms with Gasteiger partial charge in [0.25, 0.3) is 0 Å². The number of aliphatic carboxylic acids is 1. The van der Waals surface area contributed by atoms with Crippen molar-refractivity contribution in [2.75, 3.05) is 0 Å². The van der Waals surface area contributed by atoms with E-state index in [0.717, 1.165) is 18.2 Å². The number of phenolic OH excluding ortho intramolecular Hbond substituents is 3. The number of rotatable bonds is 3. The van der Waals surface area contributed by atoms with Gasteiger partial charge in [0, 0.05) is 11.6 Å². The van der Waals surface area contributed by atoms with Gasteiger partial charge in [0.05, 0.1) is 0 Å². The fourth-order valence-electron chi connectivity index (χ4n) is 1.53. The van der Waals surface area contributed by atoms with Crippen molar-refractivity contribution in [3.05, 3.63) is 53.6 Å². The van der Waals surface area contributed by atoms with E-state index in [4.69, 9.17) is 25.5 Å². The highest BCUT2D eigenvalue weighted by atomic mass is 16.4. The number of hydrogen-bond acceptors (Lipinski definition) is 6. The molecule has 2 aromatic rings. The Labute approximate surface area is 135 Å². The highest BCUT2D eigenvalue weighted by Gasteiger charge is 2.08. The Morgan fingerprint density at radius 1 is 0.792 bits per heavy atom. The predicted molar refractivity (Wildman–Crippen MR) is 83.2 cm³/mol. The minimum absolute atomic E-state index is 0.0251. The fourth-order valence-corrected chi connectivity index (χ4v) is 1.53. The molecule has 24 heavy (non-hydrogen) atoms. The first-order chi connectivity index (χ1) is 11.2. The highest BCUT2D eigenvalue weighted by molar-refractivity contribution is 5.91. The van der Waals surface area contributed by atoms with Crippen LogP contribution >= 0.6 is 0 Å². The van der Waals surface area contributed by atoms with Gasteiger partial charge in [-0.25, -0.2) is 9.59 Å². The molecule has 2 aromatic carbocycles. The molecule has 8 heteroatoms. The number of carboxylic acid groups (broad SMARTS) is 2. The zero-order valence-corrected chi connectivity index (χ0v) is 12.1. The first-order valence-electron chi connectivity index (χ1n) is 6.39. The molecule has 0 amide bonds. The number of carboxylic acids is 2. The summed E-state index contributed by atoms with van der Waals surface area (Å²) in [5.74, 6) is -3.00. The largest absolute Gasteiger partial charge is 0.508 e. The molecule has 0 unspecified atom stereocenters. The van der Waals surface area contributed by atoms with Gasteiger partial charge in [-0.3, -0.25) is 0 Å². The molecule has 6 N–H and O–H groups in total. The van der Waals surface area contributed by atoms with Crippen LogP contribution in [-0.2, 0) is 4.79 Å². The molecule has 0 aliphatic carbocycles. The van der Waals surface area contributed by atoms with Crippen molar-refractivity contribution in [1.82, 2.24) is 0 Å². The average molecular weight is 334 g/mol. The summed E-state index contributed by atoms with van der Waals surface area (Å²) in [5, 5.41) is 52.7. The van der Waals surface area contributed by atoms with Crippen LogP contribution in [0.1, 0.15) is 15.9 Å². The van der Waals surface area contributed by atoms with Crippen LogP contribution in [0.4, 0.5) is 0 Å². The molecule has 0 aliphatic heterocycles. The molecule has 0 saturated carbocycles. The molecule has 0 radical (unpaired) electrons. The minimum Gasteiger partial charge on any atom is -0.508 e. The van der Waals surface area contributed by atoms with E-state index in [9.17, 15) is 14.7 Å². The summed E-state index contributed by atoms with van der Waals surface area (Å²) in [4.78, 5) is 20.4. The average Bonchev–Trinajstić information content (AvgIpc) is 2.51. The third kappa shape index (κ3) is 5.60. The molecule has 0 fully saturated rings. The highest BCUT2D eigenvalue weighted by Crippen LogP contribution is 2.23. The molecule has 2 rings (SSSR count). The van der Waals surface area contributed by atoms with E-state index in [1.807, 2.05) is 0 Å². The number of carbonyl (C=O) groups is 2. The molecule has 0 atom stereocenters. The summed E-state index contributed by atoms with van der Waals surface area (Å²) >= 11 is 0. The molecule has 0 spiro atoms. The summed E-state index contributed by atoms with van der Waals surface area (Å²) in [6, 6.07) is 7.19. The van der Waals surface area contributed by atoms with Crippen LogP contribution < -0.4 is 0 Å². The first-order valence-corrected chi connectivity index (χ1v) is 6.39. The van der Waals surface area contributed by atoms with Gasteiger partial charge in [-0.15, -0.1) is 0 Å². The van der Waals surface area contributed by atoms with Gasteiger partial charge in [0.1, 0.15) is 28.6 Å². The fraction of sp³-hybridized carbons (Fsp3) is 0. The normalized spacial score (nSPS) is 10.0. The van der Waals surface area contributed by atoms with E-state index in [2.05, 4.69) is 0 Å². The van der Waals surface area contributed by atoms with Crippen LogP contribution in [0, 0.1) is 0 Å². The molecule has 0 aliphatic rings. The van der Waals surface area contributed by atoms with E-state index in [1.165, 1.54) is 30.3 Å². The van der Waals surface area contributed by atoms with Crippen molar-refractivity contribution < 1.29 is 40.2 Å². The van der Waals surface area contributed by atoms with Crippen molar-refractivity contribution in [3.63, 3.8) is 0 Å². The maximum absolute atomic E-state index is 10.3. The monoisotopic (exact) mass is 334 g/mol. The zero-order chi connectivity index (χ0) is 18.3. The molecular weight excluding hydrogens is 320 g/mol. The summed E-state index contributed by atoms with van der Waals surface area (Å²) < 4.78 is 0. The van der Waals surface area contributed by atoms with Gasteiger partial charge in [0.15, 0.2) is 0 Å². The van der Waals surface area contributed by atoms with Crippen molar-refractivity contribution in [1.29, 1.82) is 0 Å². The maximum Gasteiger partial charge on any atom is 0.339 e. The topological polar surface area (TPSA) is 156 Å². The number of phenols is 4. The second-order valence-electron chi connectivity index (χ2n) is 4.42. The van der Waals surface area contributed by atoms with Gasteiger partial charge < -0.3 is 30.6 Å². The number of aromatic carboxylic acids is 1. The van der Waals surface area contributed by atoms with Crippen LogP contribution in [-0.4, -0.2) is 42.6 Å². The quantitative estimate of drug-likeness (QED) is 0.367. The van der Waals surface area contributed by atoms with Gasteiger partial charge in [-0.05, 0) is 42.5 Å². The third-order valence-corrected chi connectivity index (χ3v) is 2.63. The first kappa shape index (κ1) is 18.4. The minimum atomic E-state index is -1.27. The van der Waals surface area contributed by atoms with Crippen LogP contribution in [0.5, 0.6) is 23.0 Å². The standard InChI is InChI=1S/C9H8O4.C7H6O4/c10-7-2-3-8(11)6(5-7)1-4-9(12)13;8-4-1-2-6(9)5(3-4)7(10)11/h1-5,10-11H,(H,12,13);1-3,8-9H,(H,10,11). The number of aromatic hydroxyl groups is 4. The van der Waals surface area contributed by atoms with Crippen LogP contribution in [0.2, 0.25) is 0 Å². The molecule has 0 aromatic heterocycles. The summed E-state index contributed by atoms with van der Waals surface area (Å²) in [6.45, 7) is 0. The van der Waals surface area contributed by atoms with Crippen molar-refractivity contribution in [2.45, 2.75) is 0 Å². The molecule has 0 heterocycles. The third-order valence-electron chi connectivity index (χ3n) is 2.63. The molecule has 126 valence electrons. The zero-order valence-electron chi connectivity index (χ0n) is 12.1. The van der Waals surface area contributed by atoms with E-state index in [-0.39, 0.29) is 34.1 Å². The second kappa shape index (κ2) is 8.08. The lowest BCUT2D eigenvalue weighted by molar-refractivity contribution is -0.131. The SMILES string of the molecule is O=C(O)C=Cc1cc(O)ccc1O.O=C(O)c1cc(O)ccc1O. The lowest BCUT2D eigenvalue weighted by Gasteiger charge is -1.98. The number of benzene rings is 2. The summed E-state index contributed by atoms with van der Waals surface area (Å²) in [7, 11) is 0. The lowest BCUT2D eigenvalue weighted by atomic mass is 10.2. The molecule has 0 bridgehead atoms. The Morgan fingerprint density at radius 3 is 1.83 bits per heavy atom. The van der Waals surface area contributed by atoms with E-state index in [1.54, 1.807) is 0 Å². The predicted octanol–water partition coefficient (Wildman–Crippen LogP) is 1.99. The van der Waals surface area contributed by atoms with Crippen LogP contribution in [0.15, 0.2) is 42.5 Å².